The van der Waals surface area contributed by atoms with Crippen molar-refractivity contribution in [2.45, 2.75) is 44.9 Å². The van der Waals surface area contributed by atoms with Gasteiger partial charge in [-0.1, -0.05) is 23.7 Å². The molecule has 4 aromatic rings. The van der Waals surface area contributed by atoms with Crippen LogP contribution in [0.25, 0.3) is 16.7 Å². The van der Waals surface area contributed by atoms with E-state index in [2.05, 4.69) is 20.6 Å². The van der Waals surface area contributed by atoms with Crippen LogP contribution in [-0.4, -0.2) is 44.0 Å². The van der Waals surface area contributed by atoms with Gasteiger partial charge < -0.3 is 10.6 Å². The fourth-order valence-electron chi connectivity index (χ4n) is 5.20. The number of alkyl halides is 1. The number of hydrogen-bond donors (Lipinski definition) is 2. The minimum atomic E-state index is -0.844. The number of amides is 2. The summed E-state index contributed by atoms with van der Waals surface area (Å²) in [7, 11) is 1.54. The zero-order valence-electron chi connectivity index (χ0n) is 21.4. The molecule has 0 radical (unpaired) electrons. The number of imidazole rings is 1. The van der Waals surface area contributed by atoms with Crippen molar-refractivity contribution in [3.63, 3.8) is 0 Å². The molecule has 1 saturated carbocycles. The van der Waals surface area contributed by atoms with Crippen molar-refractivity contribution >= 4 is 34.4 Å². The van der Waals surface area contributed by atoms with Crippen LogP contribution in [0, 0.1) is 5.92 Å². The van der Waals surface area contributed by atoms with Crippen molar-refractivity contribution in [3.8, 4) is 5.69 Å². The van der Waals surface area contributed by atoms with E-state index in [9.17, 15) is 18.8 Å². The van der Waals surface area contributed by atoms with Gasteiger partial charge in [-0.25, -0.2) is 14.2 Å². The maximum absolute atomic E-state index is 13.6. The number of para-hydroxylation sites is 2. The van der Waals surface area contributed by atoms with Crippen LogP contribution in [-0.2, 0) is 13.2 Å². The van der Waals surface area contributed by atoms with E-state index in [4.69, 9.17) is 11.6 Å². The number of halogens is 2. The molecular formula is C28H28ClFN6O3. The number of rotatable bonds is 7. The Morgan fingerprint density at radius 3 is 2.44 bits per heavy atom. The van der Waals surface area contributed by atoms with Crippen molar-refractivity contribution < 1.29 is 14.0 Å². The third kappa shape index (κ3) is 5.42. The number of carbonyl (C=O) groups excluding carboxylic acids is 2. The molecule has 1 aliphatic rings. The zero-order chi connectivity index (χ0) is 27.5. The quantitative estimate of drug-likeness (QED) is 0.360. The Balaban J connectivity index is 1.30. The summed E-state index contributed by atoms with van der Waals surface area (Å²) < 4.78 is 16.7. The molecule has 39 heavy (non-hydrogen) atoms. The first-order valence-corrected chi connectivity index (χ1v) is 13.2. The first-order valence-electron chi connectivity index (χ1n) is 12.8. The van der Waals surface area contributed by atoms with Crippen molar-refractivity contribution in [3.05, 3.63) is 87.3 Å². The molecule has 9 nitrogen and oxygen atoms in total. The van der Waals surface area contributed by atoms with E-state index < -0.39 is 6.67 Å². The Kier molecular flexibility index (Phi) is 7.74. The third-order valence-corrected chi connectivity index (χ3v) is 7.44. The van der Waals surface area contributed by atoms with Gasteiger partial charge in [0, 0.05) is 25.8 Å². The van der Waals surface area contributed by atoms with Crippen molar-refractivity contribution in [1.82, 2.24) is 29.7 Å². The van der Waals surface area contributed by atoms with Crippen LogP contribution in [0.1, 0.15) is 52.2 Å². The zero-order valence-corrected chi connectivity index (χ0v) is 22.1. The first kappa shape index (κ1) is 26.6. The monoisotopic (exact) mass is 550 g/mol. The second-order valence-corrected chi connectivity index (χ2v) is 10.1. The van der Waals surface area contributed by atoms with E-state index in [-0.39, 0.29) is 51.4 Å². The summed E-state index contributed by atoms with van der Waals surface area (Å²) in [4.78, 5) is 46.4. The Morgan fingerprint density at radius 1 is 1.03 bits per heavy atom. The highest BCUT2D eigenvalue weighted by atomic mass is 35.5. The molecule has 0 saturated heterocycles. The van der Waals surface area contributed by atoms with Gasteiger partial charge in [0.25, 0.3) is 11.8 Å². The molecule has 0 spiro atoms. The molecule has 1 aliphatic carbocycles. The van der Waals surface area contributed by atoms with Crippen LogP contribution < -0.4 is 16.3 Å². The second kappa shape index (κ2) is 11.4. The van der Waals surface area contributed by atoms with Gasteiger partial charge in [0.1, 0.15) is 12.4 Å². The molecule has 3 aromatic heterocycles. The van der Waals surface area contributed by atoms with E-state index in [1.165, 1.54) is 25.5 Å². The lowest BCUT2D eigenvalue weighted by Gasteiger charge is -2.29. The molecule has 2 amide bonds. The minimum Gasteiger partial charge on any atom is -0.354 e. The lowest BCUT2D eigenvalue weighted by molar-refractivity contribution is 0.0916. The Labute approximate surface area is 229 Å². The molecule has 3 heterocycles. The normalized spacial score (nSPS) is 17.2. The van der Waals surface area contributed by atoms with E-state index >= 15 is 0 Å². The van der Waals surface area contributed by atoms with Gasteiger partial charge in [-0.05, 0) is 61.9 Å². The van der Waals surface area contributed by atoms with Crippen molar-refractivity contribution in [2.24, 2.45) is 5.92 Å². The van der Waals surface area contributed by atoms with Gasteiger partial charge >= 0.3 is 5.69 Å². The molecular weight excluding hydrogens is 523 g/mol. The maximum Gasteiger partial charge on any atom is 0.333 e. The second-order valence-electron chi connectivity index (χ2n) is 9.67. The van der Waals surface area contributed by atoms with Gasteiger partial charge in [-0.15, -0.1) is 0 Å². The maximum atomic E-state index is 13.6. The SMILES string of the molecule is CNC(=O)c1ccc(-n2c(=O)n(C[C@H]3CC[C@H](NC(=O)c4cc(Cl)cnc4CF)CC3)c3ccccc32)cn1. The predicted molar refractivity (Wildman–Crippen MR) is 146 cm³/mol. The highest BCUT2D eigenvalue weighted by Gasteiger charge is 2.26. The van der Waals surface area contributed by atoms with Crippen LogP contribution in [0.15, 0.2) is 59.7 Å². The number of nitrogens with one attached hydrogen (secondary N) is 2. The lowest BCUT2D eigenvalue weighted by atomic mass is 9.85. The number of nitrogens with zero attached hydrogens (tertiary/aromatic N) is 4. The van der Waals surface area contributed by atoms with E-state index in [0.29, 0.717) is 12.2 Å². The molecule has 11 heteroatoms. The van der Waals surface area contributed by atoms with Gasteiger partial charge in [-0.3, -0.25) is 23.7 Å². The topological polar surface area (TPSA) is 111 Å². The summed E-state index contributed by atoms with van der Waals surface area (Å²) >= 11 is 5.96. The first-order chi connectivity index (χ1) is 18.9. The fraction of sp³-hybridized carbons (Fsp3) is 0.321. The van der Waals surface area contributed by atoms with Gasteiger partial charge in [0.15, 0.2) is 0 Å². The summed E-state index contributed by atoms with van der Waals surface area (Å²) in [5, 5.41) is 5.81. The third-order valence-electron chi connectivity index (χ3n) is 7.23. The molecule has 202 valence electrons. The van der Waals surface area contributed by atoms with Crippen LogP contribution in [0.2, 0.25) is 5.02 Å². The molecule has 0 atom stereocenters. The number of carbonyl (C=O) groups is 2. The number of fused-ring (bicyclic) bond motifs is 1. The average molecular weight is 551 g/mol. The van der Waals surface area contributed by atoms with Crippen molar-refractivity contribution in [2.75, 3.05) is 7.05 Å². The number of pyridine rings is 2. The predicted octanol–water partition coefficient (Wildman–Crippen LogP) is 4.05. The van der Waals surface area contributed by atoms with Crippen molar-refractivity contribution in [1.29, 1.82) is 0 Å². The highest BCUT2D eigenvalue weighted by Crippen LogP contribution is 2.28. The molecule has 1 fully saturated rings. The number of hydrogen-bond acceptors (Lipinski definition) is 5. The van der Waals surface area contributed by atoms with Gasteiger partial charge in [0.2, 0.25) is 0 Å². The summed E-state index contributed by atoms with van der Waals surface area (Å²) in [5.74, 6) is -0.426. The standard InChI is InChI=1S/C28H28ClFN6O3/c1-31-27(38)22-11-10-20(15-33-22)36-25-5-3-2-4-24(25)35(28(36)39)16-17-6-8-19(9-7-17)34-26(37)21-12-18(29)14-32-23(21)13-30/h2-5,10-12,14-15,17,19H,6-9,13,16H2,1H3,(H,31,38)(H,34,37)/t17-,19-. The summed E-state index contributed by atoms with van der Waals surface area (Å²) in [5.41, 5.74) is 2.49. The van der Waals surface area contributed by atoms with Gasteiger partial charge in [0.05, 0.1) is 39.2 Å². The summed E-state index contributed by atoms with van der Waals surface area (Å²) in [6.07, 6.45) is 5.99. The fourth-order valence-corrected chi connectivity index (χ4v) is 5.35. The lowest BCUT2D eigenvalue weighted by Crippen LogP contribution is -2.39. The largest absolute Gasteiger partial charge is 0.354 e. The summed E-state index contributed by atoms with van der Waals surface area (Å²) in [6, 6.07) is 12.3. The molecule has 5 rings (SSSR count). The highest BCUT2D eigenvalue weighted by molar-refractivity contribution is 6.30. The van der Waals surface area contributed by atoms with Crippen LogP contribution >= 0.6 is 11.6 Å². The Morgan fingerprint density at radius 2 is 1.77 bits per heavy atom. The van der Waals surface area contributed by atoms with Crippen LogP contribution in [0.3, 0.4) is 0 Å². The summed E-state index contributed by atoms with van der Waals surface area (Å²) in [6.45, 7) is -0.301. The van der Waals surface area contributed by atoms with Crippen LogP contribution in [0.4, 0.5) is 4.39 Å². The van der Waals surface area contributed by atoms with Gasteiger partial charge in [-0.2, -0.15) is 0 Å². The molecule has 0 bridgehead atoms. The number of benzene rings is 1. The van der Waals surface area contributed by atoms with E-state index in [0.717, 1.165) is 36.7 Å². The number of aromatic nitrogens is 4. The average Bonchev–Trinajstić information content (AvgIpc) is 3.24. The smallest absolute Gasteiger partial charge is 0.333 e. The minimum absolute atomic E-state index is 0.0526. The van der Waals surface area contributed by atoms with Crippen LogP contribution in [0.5, 0.6) is 0 Å². The molecule has 0 aliphatic heterocycles. The Hall–Kier alpha value is -4.05. The molecule has 2 N–H and O–H groups in total. The molecule has 0 unspecified atom stereocenters. The van der Waals surface area contributed by atoms with E-state index in [1.54, 1.807) is 21.3 Å². The van der Waals surface area contributed by atoms with E-state index in [1.807, 2.05) is 24.3 Å². The molecule has 1 aromatic carbocycles. The Bertz CT molecular complexity index is 1570.